The third-order valence-electron chi connectivity index (χ3n) is 4.22. The second kappa shape index (κ2) is 6.55. The van der Waals surface area contributed by atoms with E-state index in [1.807, 2.05) is 35.2 Å². The van der Waals surface area contributed by atoms with Gasteiger partial charge in [0.15, 0.2) is 0 Å². The number of hydrogen-bond acceptors (Lipinski definition) is 2. The summed E-state index contributed by atoms with van der Waals surface area (Å²) in [6.45, 7) is 1.76. The van der Waals surface area contributed by atoms with Gasteiger partial charge in [0.05, 0.1) is 6.10 Å². The molecular formula is C18H19F2NO. The summed E-state index contributed by atoms with van der Waals surface area (Å²) in [6.07, 6.45) is 0.373. The number of aliphatic hydroxyl groups is 1. The predicted molar refractivity (Wildman–Crippen MR) is 81.4 cm³/mol. The van der Waals surface area contributed by atoms with Crippen molar-refractivity contribution < 1.29 is 13.9 Å². The Balaban J connectivity index is 1.65. The Morgan fingerprint density at radius 3 is 2.36 bits per heavy atom. The van der Waals surface area contributed by atoms with Crippen molar-refractivity contribution in [1.82, 2.24) is 4.90 Å². The predicted octanol–water partition coefficient (Wildman–Crippen LogP) is 3.32. The van der Waals surface area contributed by atoms with Gasteiger partial charge in [-0.3, -0.25) is 4.90 Å². The van der Waals surface area contributed by atoms with E-state index in [1.165, 1.54) is 12.1 Å². The maximum atomic E-state index is 13.2. The summed E-state index contributed by atoms with van der Waals surface area (Å²) in [7, 11) is 0. The van der Waals surface area contributed by atoms with Crippen molar-refractivity contribution in [2.24, 2.45) is 0 Å². The number of aliphatic hydroxyl groups excluding tert-OH is 1. The molecule has 0 aliphatic carbocycles. The molecule has 1 saturated heterocycles. The Morgan fingerprint density at radius 2 is 1.73 bits per heavy atom. The van der Waals surface area contributed by atoms with Gasteiger partial charge in [0.2, 0.25) is 0 Å². The van der Waals surface area contributed by atoms with E-state index in [4.69, 9.17) is 0 Å². The lowest BCUT2D eigenvalue weighted by Crippen LogP contribution is -2.42. The number of likely N-dealkylation sites (tertiary alicyclic amines) is 1. The summed E-state index contributed by atoms with van der Waals surface area (Å²) >= 11 is 0. The van der Waals surface area contributed by atoms with Gasteiger partial charge >= 0.3 is 0 Å². The zero-order valence-electron chi connectivity index (χ0n) is 12.3. The van der Waals surface area contributed by atoms with Gasteiger partial charge in [0, 0.05) is 25.1 Å². The minimum Gasteiger partial charge on any atom is -0.391 e. The van der Waals surface area contributed by atoms with Gasteiger partial charge in [-0.2, -0.15) is 0 Å². The molecule has 2 aromatic rings. The molecule has 2 aromatic carbocycles. The van der Waals surface area contributed by atoms with Crippen LogP contribution in [0.2, 0.25) is 0 Å². The second-order valence-corrected chi connectivity index (χ2v) is 5.89. The number of hydrogen-bond donors (Lipinski definition) is 1. The Bertz CT molecular complexity index is 612. The van der Waals surface area contributed by atoms with Crippen LogP contribution in [0.15, 0.2) is 48.5 Å². The van der Waals surface area contributed by atoms with Gasteiger partial charge in [-0.05, 0) is 36.2 Å². The summed E-state index contributed by atoms with van der Waals surface area (Å²) in [4.78, 5) is 2.04. The molecule has 0 saturated carbocycles. The third kappa shape index (κ3) is 3.51. The van der Waals surface area contributed by atoms with E-state index in [0.29, 0.717) is 18.7 Å². The van der Waals surface area contributed by atoms with Gasteiger partial charge in [-0.15, -0.1) is 0 Å². The van der Waals surface area contributed by atoms with Crippen LogP contribution in [-0.4, -0.2) is 29.2 Å². The molecular weight excluding hydrogens is 284 g/mol. The summed E-state index contributed by atoms with van der Waals surface area (Å²) in [5.74, 6) is -0.994. The topological polar surface area (TPSA) is 23.5 Å². The van der Waals surface area contributed by atoms with Crippen LogP contribution in [0.4, 0.5) is 8.78 Å². The number of halogens is 2. The molecule has 2 nitrogen and oxygen atoms in total. The van der Waals surface area contributed by atoms with Crippen molar-refractivity contribution in [1.29, 1.82) is 0 Å². The molecule has 1 fully saturated rings. The molecule has 2 atom stereocenters. The molecule has 4 heteroatoms. The van der Waals surface area contributed by atoms with Crippen molar-refractivity contribution in [2.75, 3.05) is 13.1 Å². The van der Waals surface area contributed by atoms with Crippen LogP contribution in [0, 0.1) is 11.6 Å². The molecule has 1 heterocycles. The second-order valence-electron chi connectivity index (χ2n) is 5.89. The minimum absolute atomic E-state index is 0.127. The number of benzene rings is 2. The Labute approximate surface area is 129 Å². The van der Waals surface area contributed by atoms with Gasteiger partial charge in [0.25, 0.3) is 0 Å². The zero-order valence-corrected chi connectivity index (χ0v) is 12.3. The Kier molecular flexibility index (Phi) is 4.50. The summed E-state index contributed by atoms with van der Waals surface area (Å²) < 4.78 is 26.5. The third-order valence-corrected chi connectivity index (χ3v) is 4.22. The lowest BCUT2D eigenvalue weighted by Gasteiger charge is -2.36. The number of rotatable bonds is 3. The molecule has 0 amide bonds. The van der Waals surface area contributed by atoms with Gasteiger partial charge in [-0.25, -0.2) is 8.78 Å². The fraction of sp³-hybridized carbons (Fsp3) is 0.333. The van der Waals surface area contributed by atoms with Crippen LogP contribution < -0.4 is 0 Å². The molecule has 0 bridgehead atoms. The van der Waals surface area contributed by atoms with Crippen LogP contribution in [0.25, 0.3) is 0 Å². The van der Waals surface area contributed by atoms with Crippen molar-refractivity contribution in [3.8, 4) is 0 Å². The summed E-state index contributed by atoms with van der Waals surface area (Å²) in [5.41, 5.74) is 1.74. The Hall–Kier alpha value is -1.78. The normalized spacial score (nSPS) is 22.7. The average molecular weight is 303 g/mol. The van der Waals surface area contributed by atoms with Gasteiger partial charge in [0.1, 0.15) is 11.6 Å². The molecule has 1 aliphatic rings. The standard InChI is InChI=1S/C18H19F2NO/c19-15-8-13(9-16(20)10-15)11-21-7-6-17(18(22)12-21)14-4-2-1-3-5-14/h1-5,8-10,17-18,22H,6-7,11-12H2/t17-,18+/m0/s1. The van der Waals surface area contributed by atoms with Crippen LogP contribution in [0.5, 0.6) is 0 Å². The molecule has 116 valence electrons. The van der Waals surface area contributed by atoms with Crippen molar-refractivity contribution in [3.05, 3.63) is 71.3 Å². The first-order chi connectivity index (χ1) is 10.6. The largest absolute Gasteiger partial charge is 0.391 e. The highest BCUT2D eigenvalue weighted by molar-refractivity contribution is 5.22. The van der Waals surface area contributed by atoms with E-state index in [-0.39, 0.29) is 5.92 Å². The first kappa shape index (κ1) is 15.1. The van der Waals surface area contributed by atoms with E-state index in [9.17, 15) is 13.9 Å². The molecule has 0 radical (unpaired) electrons. The van der Waals surface area contributed by atoms with E-state index < -0.39 is 17.7 Å². The van der Waals surface area contributed by atoms with E-state index in [0.717, 1.165) is 24.6 Å². The first-order valence-electron chi connectivity index (χ1n) is 7.52. The minimum atomic E-state index is -0.560. The van der Waals surface area contributed by atoms with Gasteiger partial charge in [-0.1, -0.05) is 30.3 Å². The maximum Gasteiger partial charge on any atom is 0.126 e. The van der Waals surface area contributed by atoms with Crippen LogP contribution in [-0.2, 0) is 6.54 Å². The highest BCUT2D eigenvalue weighted by Gasteiger charge is 2.28. The average Bonchev–Trinajstić information content (AvgIpc) is 2.47. The van der Waals surface area contributed by atoms with E-state index in [2.05, 4.69) is 0 Å². The molecule has 0 unspecified atom stereocenters. The molecule has 3 rings (SSSR count). The lowest BCUT2D eigenvalue weighted by atomic mass is 9.87. The van der Waals surface area contributed by atoms with Crippen LogP contribution in [0.1, 0.15) is 23.5 Å². The van der Waals surface area contributed by atoms with E-state index >= 15 is 0 Å². The zero-order chi connectivity index (χ0) is 15.5. The number of piperidine rings is 1. The van der Waals surface area contributed by atoms with Crippen LogP contribution >= 0.6 is 0 Å². The highest BCUT2D eigenvalue weighted by atomic mass is 19.1. The van der Waals surface area contributed by atoms with Crippen molar-refractivity contribution in [2.45, 2.75) is 25.0 Å². The van der Waals surface area contributed by atoms with Crippen LogP contribution in [0.3, 0.4) is 0 Å². The molecule has 22 heavy (non-hydrogen) atoms. The van der Waals surface area contributed by atoms with Crippen molar-refractivity contribution in [3.63, 3.8) is 0 Å². The monoisotopic (exact) mass is 303 g/mol. The quantitative estimate of drug-likeness (QED) is 0.940. The maximum absolute atomic E-state index is 13.2. The molecule has 1 aliphatic heterocycles. The summed E-state index contributed by atoms with van der Waals surface area (Å²) in [5, 5.41) is 10.4. The molecule has 0 spiro atoms. The van der Waals surface area contributed by atoms with Crippen molar-refractivity contribution >= 4 is 0 Å². The number of β-amino-alcohol motifs (C(OH)–C–C–N with tert-alkyl or cyclic N) is 1. The van der Waals surface area contributed by atoms with E-state index in [1.54, 1.807) is 0 Å². The Morgan fingerprint density at radius 1 is 1.05 bits per heavy atom. The fourth-order valence-electron chi connectivity index (χ4n) is 3.19. The highest BCUT2D eigenvalue weighted by Crippen LogP contribution is 2.29. The lowest BCUT2D eigenvalue weighted by molar-refractivity contribution is 0.0476. The smallest absolute Gasteiger partial charge is 0.126 e. The number of nitrogens with zero attached hydrogens (tertiary/aromatic N) is 1. The molecule has 1 N–H and O–H groups in total. The van der Waals surface area contributed by atoms with Gasteiger partial charge < -0.3 is 5.11 Å². The fourth-order valence-corrected chi connectivity index (χ4v) is 3.19. The first-order valence-corrected chi connectivity index (χ1v) is 7.52. The molecule has 0 aromatic heterocycles. The SMILES string of the molecule is O[C@@H]1CN(Cc2cc(F)cc(F)c2)CC[C@H]1c1ccccc1. The summed E-state index contributed by atoms with van der Waals surface area (Å²) in [6, 6.07) is 13.5.